The first-order valence-electron chi connectivity index (χ1n) is 6.67. The first kappa shape index (κ1) is 13.9. The van der Waals surface area contributed by atoms with Gasteiger partial charge in [0.25, 0.3) is 5.91 Å². The lowest BCUT2D eigenvalue weighted by Crippen LogP contribution is -2.13. The molecule has 0 saturated carbocycles. The van der Waals surface area contributed by atoms with Gasteiger partial charge in [-0.15, -0.1) is 0 Å². The molecule has 2 N–H and O–H groups in total. The maximum absolute atomic E-state index is 13.5. The Morgan fingerprint density at radius 1 is 1.05 bits per heavy atom. The quantitative estimate of drug-likeness (QED) is 0.776. The zero-order chi connectivity index (χ0) is 15.5. The number of carbonyl (C=O) groups is 1. The van der Waals surface area contributed by atoms with Crippen LogP contribution in [0.1, 0.15) is 10.4 Å². The standard InChI is InChI=1S/C17H13FN2O2/c18-13-5-8-16(20-9-1-2-10-20)15(11-13)19-17(22)12-3-6-14(21)7-4-12/h1-11,21H,(H,19,22). The van der Waals surface area contributed by atoms with Gasteiger partial charge in [-0.2, -0.15) is 0 Å². The summed E-state index contributed by atoms with van der Waals surface area (Å²) in [6.07, 6.45) is 3.62. The van der Waals surface area contributed by atoms with Crippen molar-refractivity contribution < 1.29 is 14.3 Å². The molecule has 3 rings (SSSR count). The summed E-state index contributed by atoms with van der Waals surface area (Å²) in [7, 11) is 0. The number of amides is 1. The smallest absolute Gasteiger partial charge is 0.255 e. The Kier molecular flexibility index (Phi) is 3.62. The molecule has 5 heteroatoms. The molecule has 0 aliphatic rings. The predicted molar refractivity (Wildman–Crippen MR) is 81.8 cm³/mol. The van der Waals surface area contributed by atoms with Crippen LogP contribution in [0.15, 0.2) is 67.0 Å². The molecule has 0 fully saturated rings. The Morgan fingerprint density at radius 2 is 1.73 bits per heavy atom. The number of rotatable bonds is 3. The lowest BCUT2D eigenvalue weighted by Gasteiger charge is -2.12. The zero-order valence-corrected chi connectivity index (χ0v) is 11.5. The third-order valence-electron chi connectivity index (χ3n) is 3.22. The average Bonchev–Trinajstić information content (AvgIpc) is 3.02. The van der Waals surface area contributed by atoms with Gasteiger partial charge in [-0.3, -0.25) is 4.79 Å². The van der Waals surface area contributed by atoms with Crippen molar-refractivity contribution in [1.82, 2.24) is 4.57 Å². The van der Waals surface area contributed by atoms with Gasteiger partial charge < -0.3 is 15.0 Å². The number of aromatic nitrogens is 1. The number of phenolic OH excluding ortho intramolecular Hbond substituents is 1. The Bertz CT molecular complexity index is 796. The third-order valence-corrected chi connectivity index (χ3v) is 3.22. The minimum atomic E-state index is -0.433. The molecular weight excluding hydrogens is 283 g/mol. The van der Waals surface area contributed by atoms with Gasteiger partial charge in [0, 0.05) is 18.0 Å². The summed E-state index contributed by atoms with van der Waals surface area (Å²) in [5.41, 5.74) is 1.41. The first-order valence-corrected chi connectivity index (χ1v) is 6.67. The van der Waals surface area contributed by atoms with E-state index in [1.165, 1.54) is 36.4 Å². The van der Waals surface area contributed by atoms with Crippen LogP contribution in [-0.2, 0) is 0 Å². The first-order chi connectivity index (χ1) is 10.6. The van der Waals surface area contributed by atoms with Crippen LogP contribution in [-0.4, -0.2) is 15.6 Å². The summed E-state index contributed by atoms with van der Waals surface area (Å²) >= 11 is 0. The van der Waals surface area contributed by atoms with E-state index in [0.717, 1.165) is 0 Å². The SMILES string of the molecule is O=C(Nc1cc(F)ccc1-n1cccc1)c1ccc(O)cc1. The van der Waals surface area contributed by atoms with Crippen LogP contribution in [0.4, 0.5) is 10.1 Å². The Labute approximate surface area is 126 Å². The van der Waals surface area contributed by atoms with Crippen molar-refractivity contribution in [3.8, 4) is 11.4 Å². The zero-order valence-electron chi connectivity index (χ0n) is 11.5. The van der Waals surface area contributed by atoms with Crippen LogP contribution < -0.4 is 5.32 Å². The fourth-order valence-corrected chi connectivity index (χ4v) is 2.14. The number of carbonyl (C=O) groups excluding carboxylic acids is 1. The number of aromatic hydroxyl groups is 1. The van der Waals surface area contributed by atoms with E-state index in [1.807, 2.05) is 24.5 Å². The normalized spacial score (nSPS) is 10.4. The van der Waals surface area contributed by atoms with Crippen molar-refractivity contribution in [1.29, 1.82) is 0 Å². The molecule has 1 aromatic heterocycles. The van der Waals surface area contributed by atoms with Gasteiger partial charge in [0.15, 0.2) is 0 Å². The van der Waals surface area contributed by atoms with E-state index >= 15 is 0 Å². The molecule has 0 atom stereocenters. The highest BCUT2D eigenvalue weighted by atomic mass is 19.1. The molecule has 0 spiro atoms. The molecule has 0 saturated heterocycles. The van der Waals surface area contributed by atoms with Crippen molar-refractivity contribution >= 4 is 11.6 Å². The number of nitrogens with one attached hydrogen (secondary N) is 1. The predicted octanol–water partition coefficient (Wildman–Crippen LogP) is 3.57. The highest BCUT2D eigenvalue weighted by Crippen LogP contribution is 2.23. The van der Waals surface area contributed by atoms with Crippen molar-refractivity contribution in [2.24, 2.45) is 0 Å². The van der Waals surface area contributed by atoms with E-state index in [4.69, 9.17) is 0 Å². The largest absolute Gasteiger partial charge is 0.508 e. The van der Waals surface area contributed by atoms with Crippen LogP contribution in [0.3, 0.4) is 0 Å². The fraction of sp³-hybridized carbons (Fsp3) is 0. The van der Waals surface area contributed by atoms with Crippen molar-refractivity contribution in [2.75, 3.05) is 5.32 Å². The van der Waals surface area contributed by atoms with E-state index in [0.29, 0.717) is 16.9 Å². The molecule has 4 nitrogen and oxygen atoms in total. The van der Waals surface area contributed by atoms with Crippen LogP contribution in [0.2, 0.25) is 0 Å². The molecule has 1 amide bonds. The van der Waals surface area contributed by atoms with Gasteiger partial charge in [0.2, 0.25) is 0 Å². The second kappa shape index (κ2) is 5.73. The summed E-state index contributed by atoms with van der Waals surface area (Å²) in [4.78, 5) is 12.2. The molecule has 0 radical (unpaired) electrons. The van der Waals surface area contributed by atoms with Crippen LogP contribution in [0, 0.1) is 5.82 Å². The van der Waals surface area contributed by atoms with E-state index < -0.39 is 5.82 Å². The van der Waals surface area contributed by atoms with Gasteiger partial charge in [-0.05, 0) is 54.6 Å². The van der Waals surface area contributed by atoms with Crippen LogP contribution in [0.25, 0.3) is 5.69 Å². The molecular formula is C17H13FN2O2. The van der Waals surface area contributed by atoms with Crippen molar-refractivity contribution in [2.45, 2.75) is 0 Å². The number of nitrogens with zero attached hydrogens (tertiary/aromatic N) is 1. The molecule has 0 aliphatic carbocycles. The number of hydrogen-bond acceptors (Lipinski definition) is 2. The van der Waals surface area contributed by atoms with Crippen molar-refractivity contribution in [3.63, 3.8) is 0 Å². The lowest BCUT2D eigenvalue weighted by atomic mass is 10.2. The molecule has 0 unspecified atom stereocenters. The minimum absolute atomic E-state index is 0.0790. The summed E-state index contributed by atoms with van der Waals surface area (Å²) < 4.78 is 15.3. The maximum Gasteiger partial charge on any atom is 0.255 e. The van der Waals surface area contributed by atoms with Crippen LogP contribution in [0.5, 0.6) is 5.75 Å². The monoisotopic (exact) mass is 296 g/mol. The highest BCUT2D eigenvalue weighted by Gasteiger charge is 2.11. The van der Waals surface area contributed by atoms with Gasteiger partial charge >= 0.3 is 0 Å². The highest BCUT2D eigenvalue weighted by molar-refractivity contribution is 6.05. The topological polar surface area (TPSA) is 54.3 Å². The Balaban J connectivity index is 1.93. The Hall–Kier alpha value is -3.08. The second-order valence-corrected chi connectivity index (χ2v) is 4.75. The molecule has 0 bridgehead atoms. The number of halogens is 1. The summed E-state index contributed by atoms with van der Waals surface area (Å²) in [5, 5.41) is 11.9. The van der Waals surface area contributed by atoms with E-state index in [2.05, 4.69) is 5.32 Å². The molecule has 110 valence electrons. The summed E-state index contributed by atoms with van der Waals surface area (Å²) in [5.74, 6) is -0.730. The molecule has 22 heavy (non-hydrogen) atoms. The number of hydrogen-bond donors (Lipinski definition) is 2. The van der Waals surface area contributed by atoms with E-state index in [9.17, 15) is 14.3 Å². The lowest BCUT2D eigenvalue weighted by molar-refractivity contribution is 0.102. The maximum atomic E-state index is 13.5. The molecule has 3 aromatic rings. The number of anilines is 1. The van der Waals surface area contributed by atoms with E-state index in [-0.39, 0.29) is 11.7 Å². The fourth-order valence-electron chi connectivity index (χ4n) is 2.14. The average molecular weight is 296 g/mol. The third kappa shape index (κ3) is 2.83. The molecule has 1 heterocycles. The van der Waals surface area contributed by atoms with Gasteiger partial charge in [-0.25, -0.2) is 4.39 Å². The van der Waals surface area contributed by atoms with Gasteiger partial charge in [-0.1, -0.05) is 0 Å². The van der Waals surface area contributed by atoms with Crippen LogP contribution >= 0.6 is 0 Å². The number of benzene rings is 2. The van der Waals surface area contributed by atoms with Gasteiger partial charge in [0.1, 0.15) is 11.6 Å². The Morgan fingerprint density at radius 3 is 2.41 bits per heavy atom. The second-order valence-electron chi connectivity index (χ2n) is 4.75. The minimum Gasteiger partial charge on any atom is -0.508 e. The van der Waals surface area contributed by atoms with Crippen molar-refractivity contribution in [3.05, 3.63) is 78.4 Å². The number of phenols is 1. The van der Waals surface area contributed by atoms with Gasteiger partial charge in [0.05, 0.1) is 11.4 Å². The molecule has 2 aromatic carbocycles. The molecule has 0 aliphatic heterocycles. The summed E-state index contributed by atoms with van der Waals surface area (Å²) in [6, 6.07) is 13.7. The summed E-state index contributed by atoms with van der Waals surface area (Å²) in [6.45, 7) is 0. The van der Waals surface area contributed by atoms with E-state index in [1.54, 1.807) is 10.6 Å².